The van der Waals surface area contributed by atoms with Crippen LogP contribution < -0.4 is 15.0 Å². The second-order valence-corrected chi connectivity index (χ2v) is 10.7. The summed E-state index contributed by atoms with van der Waals surface area (Å²) in [4.78, 5) is 17.7. The molecule has 3 aliphatic rings. The van der Waals surface area contributed by atoms with Gasteiger partial charge in [0, 0.05) is 11.6 Å². The van der Waals surface area contributed by atoms with Crippen molar-refractivity contribution in [1.82, 2.24) is 10.2 Å². The zero-order valence-corrected chi connectivity index (χ0v) is 21.3. The number of benzene rings is 2. The second-order valence-electron chi connectivity index (χ2n) is 10.7. The fourth-order valence-electron chi connectivity index (χ4n) is 6.46. The van der Waals surface area contributed by atoms with Gasteiger partial charge in [-0.2, -0.15) is 5.26 Å². The van der Waals surface area contributed by atoms with E-state index in [9.17, 15) is 15.2 Å². The van der Waals surface area contributed by atoms with Gasteiger partial charge in [0.05, 0.1) is 48.7 Å². The third-order valence-corrected chi connectivity index (χ3v) is 8.70. The van der Waals surface area contributed by atoms with E-state index in [1.807, 2.05) is 11.0 Å². The highest BCUT2D eigenvalue weighted by Gasteiger charge is 2.56. The Morgan fingerprint density at radius 3 is 2.39 bits per heavy atom. The number of aliphatic hydroxyl groups is 1. The number of nitrogens with one attached hydrogen (secondary N) is 1. The van der Waals surface area contributed by atoms with Gasteiger partial charge >= 0.3 is 6.03 Å². The molecule has 0 aromatic heterocycles. The van der Waals surface area contributed by atoms with Gasteiger partial charge in [0.25, 0.3) is 0 Å². The molecule has 2 aromatic rings. The van der Waals surface area contributed by atoms with Crippen LogP contribution in [0.3, 0.4) is 0 Å². The summed E-state index contributed by atoms with van der Waals surface area (Å²) in [5.41, 5.74) is 1.17. The van der Waals surface area contributed by atoms with Crippen LogP contribution in [0.5, 0.6) is 5.75 Å². The number of hydrogen-bond donors (Lipinski definition) is 2. The number of urea groups is 1. The fourth-order valence-corrected chi connectivity index (χ4v) is 6.46. The molecule has 2 aromatic carbocycles. The molecule has 2 amide bonds. The number of β-amino-alcohol motifs (C(OH)–C–C–N with tert-alkyl or cyclic N) is 1. The van der Waals surface area contributed by atoms with E-state index in [2.05, 4.69) is 42.6 Å². The fraction of sp³-hybridized carbons (Fsp3) is 0.517. The summed E-state index contributed by atoms with van der Waals surface area (Å²) in [6, 6.07) is 17.9. The zero-order valence-electron chi connectivity index (χ0n) is 21.3. The van der Waals surface area contributed by atoms with Crippen LogP contribution in [0.25, 0.3) is 0 Å². The van der Waals surface area contributed by atoms with Crippen molar-refractivity contribution in [3.8, 4) is 11.8 Å². The van der Waals surface area contributed by atoms with Crippen LogP contribution in [-0.4, -0.2) is 53.9 Å². The molecular weight excluding hydrogens is 452 g/mol. The first-order valence-corrected chi connectivity index (χ1v) is 13.1. The molecule has 0 bridgehead atoms. The highest BCUT2D eigenvalue weighted by molar-refractivity contribution is 5.97. The summed E-state index contributed by atoms with van der Waals surface area (Å²) < 4.78 is 5.59. The monoisotopic (exact) mass is 488 g/mol. The second kappa shape index (κ2) is 9.42. The predicted octanol–water partition coefficient (Wildman–Crippen LogP) is 4.54. The van der Waals surface area contributed by atoms with E-state index in [0.717, 1.165) is 51.5 Å². The van der Waals surface area contributed by atoms with Gasteiger partial charge in [-0.3, -0.25) is 4.90 Å². The SMILES string of the molecule is CCNC1(c2ccccc2)CCC2(CC1)CN(c1ccc(C#N)cc1OC)C(=O)N2CC1(O)CCC1. The van der Waals surface area contributed by atoms with Gasteiger partial charge in [-0.1, -0.05) is 37.3 Å². The highest BCUT2D eigenvalue weighted by Crippen LogP contribution is 2.49. The highest BCUT2D eigenvalue weighted by atomic mass is 16.5. The van der Waals surface area contributed by atoms with Crippen molar-refractivity contribution in [2.45, 2.75) is 68.5 Å². The Balaban J connectivity index is 1.49. The molecule has 2 aliphatic carbocycles. The predicted molar refractivity (Wildman–Crippen MR) is 139 cm³/mol. The van der Waals surface area contributed by atoms with Crippen LogP contribution in [0.2, 0.25) is 0 Å². The van der Waals surface area contributed by atoms with Gasteiger partial charge in [-0.25, -0.2) is 4.79 Å². The molecule has 0 unspecified atom stereocenters. The van der Waals surface area contributed by atoms with E-state index in [-0.39, 0.29) is 17.1 Å². The Hall–Kier alpha value is -3.08. The Bertz CT molecular complexity index is 1150. The van der Waals surface area contributed by atoms with Crippen LogP contribution in [-0.2, 0) is 5.54 Å². The first-order chi connectivity index (χ1) is 17.4. The minimum absolute atomic E-state index is 0.0889. The standard InChI is InChI=1S/C29H36N4O3/c1-3-31-29(23-8-5-4-6-9-23)16-14-27(15-17-29)20-32(24-11-10-22(19-30)18-25(24)36-2)26(34)33(27)21-28(35)12-7-13-28/h4-6,8-11,18,31,35H,3,7,12-17,20-21H2,1-2H3. The normalized spacial score (nSPS) is 27.1. The number of hydrogen-bond acceptors (Lipinski definition) is 5. The molecule has 0 radical (unpaired) electrons. The van der Waals surface area contributed by atoms with Crippen molar-refractivity contribution in [3.05, 3.63) is 59.7 Å². The van der Waals surface area contributed by atoms with Crippen molar-refractivity contribution < 1.29 is 14.6 Å². The molecule has 2 N–H and O–H groups in total. The van der Waals surface area contributed by atoms with Crippen LogP contribution in [0.1, 0.15) is 63.0 Å². The third kappa shape index (κ3) is 4.12. The first-order valence-electron chi connectivity index (χ1n) is 13.1. The Morgan fingerprint density at radius 1 is 1.08 bits per heavy atom. The lowest BCUT2D eigenvalue weighted by Gasteiger charge is -2.50. The number of nitriles is 1. The number of carbonyl (C=O) groups excluding carboxylic acids is 1. The molecule has 1 heterocycles. The minimum atomic E-state index is -0.803. The number of rotatable bonds is 7. The summed E-state index contributed by atoms with van der Waals surface area (Å²) in [5, 5.41) is 24.2. The van der Waals surface area contributed by atoms with Crippen molar-refractivity contribution in [1.29, 1.82) is 5.26 Å². The molecule has 1 spiro atoms. The number of methoxy groups -OCH3 is 1. The third-order valence-electron chi connectivity index (χ3n) is 8.70. The van der Waals surface area contributed by atoms with Crippen molar-refractivity contribution in [3.63, 3.8) is 0 Å². The van der Waals surface area contributed by atoms with Gasteiger partial charge in [0.15, 0.2) is 0 Å². The van der Waals surface area contributed by atoms with Crippen molar-refractivity contribution >= 4 is 11.7 Å². The number of ether oxygens (including phenoxy) is 1. The maximum atomic E-state index is 14.0. The van der Waals surface area contributed by atoms with E-state index in [1.54, 1.807) is 30.2 Å². The van der Waals surface area contributed by atoms with Crippen LogP contribution >= 0.6 is 0 Å². The summed E-state index contributed by atoms with van der Waals surface area (Å²) in [7, 11) is 1.57. The zero-order chi connectivity index (χ0) is 25.4. The molecule has 190 valence electrons. The maximum absolute atomic E-state index is 14.0. The van der Waals surface area contributed by atoms with Crippen molar-refractivity contribution in [2.75, 3.05) is 31.6 Å². The number of carbonyl (C=O) groups is 1. The lowest BCUT2D eigenvalue weighted by Crippen LogP contribution is -2.59. The van der Waals surface area contributed by atoms with Gasteiger partial charge in [-0.05, 0) is 69.2 Å². The van der Waals surface area contributed by atoms with Crippen LogP contribution in [0.4, 0.5) is 10.5 Å². The molecule has 0 atom stereocenters. The van der Waals surface area contributed by atoms with Gasteiger partial charge in [-0.15, -0.1) is 0 Å². The van der Waals surface area contributed by atoms with E-state index >= 15 is 0 Å². The summed E-state index contributed by atoms with van der Waals surface area (Å²) >= 11 is 0. The maximum Gasteiger partial charge on any atom is 0.325 e. The lowest BCUT2D eigenvalue weighted by atomic mass is 9.68. The quantitative estimate of drug-likeness (QED) is 0.597. The van der Waals surface area contributed by atoms with E-state index < -0.39 is 5.60 Å². The summed E-state index contributed by atoms with van der Waals surface area (Å²) in [5.74, 6) is 0.517. The molecule has 5 rings (SSSR count). The number of anilines is 1. The molecule has 2 saturated carbocycles. The Morgan fingerprint density at radius 2 is 1.81 bits per heavy atom. The van der Waals surface area contributed by atoms with Gasteiger partial charge in [0.2, 0.25) is 0 Å². The lowest BCUT2D eigenvalue weighted by molar-refractivity contribution is -0.0691. The van der Waals surface area contributed by atoms with E-state index in [1.165, 1.54) is 5.56 Å². The number of nitrogens with zero attached hydrogens (tertiary/aromatic N) is 3. The van der Waals surface area contributed by atoms with Crippen LogP contribution in [0, 0.1) is 11.3 Å². The van der Waals surface area contributed by atoms with Crippen molar-refractivity contribution in [2.24, 2.45) is 0 Å². The molecular formula is C29H36N4O3. The van der Waals surface area contributed by atoms with E-state index in [4.69, 9.17) is 4.74 Å². The molecule has 1 aliphatic heterocycles. The Kier molecular flexibility index (Phi) is 6.44. The van der Waals surface area contributed by atoms with Gasteiger partial charge < -0.3 is 20.1 Å². The average Bonchev–Trinajstić information content (AvgIpc) is 3.15. The largest absolute Gasteiger partial charge is 0.495 e. The number of amides is 2. The van der Waals surface area contributed by atoms with Crippen LogP contribution in [0.15, 0.2) is 48.5 Å². The summed E-state index contributed by atoms with van der Waals surface area (Å²) in [6.07, 6.45) is 5.96. The summed E-state index contributed by atoms with van der Waals surface area (Å²) in [6.45, 7) is 3.92. The smallest absolute Gasteiger partial charge is 0.325 e. The first kappa shape index (κ1) is 24.6. The van der Waals surface area contributed by atoms with E-state index in [0.29, 0.717) is 30.1 Å². The molecule has 7 nitrogen and oxygen atoms in total. The minimum Gasteiger partial charge on any atom is -0.495 e. The topological polar surface area (TPSA) is 88.8 Å². The molecule has 7 heteroatoms. The Labute approximate surface area is 213 Å². The van der Waals surface area contributed by atoms with Gasteiger partial charge in [0.1, 0.15) is 5.75 Å². The molecule has 1 saturated heterocycles. The molecule has 3 fully saturated rings. The average molecular weight is 489 g/mol. The molecule has 36 heavy (non-hydrogen) atoms.